The molecule has 7 heteroatoms. The third-order valence-electron chi connectivity index (χ3n) is 2.97. The van der Waals surface area contributed by atoms with E-state index in [0.29, 0.717) is 17.7 Å². The SMILES string of the molecule is CN(C1CCOC1)S(=O)(=O)c1cc(Br)ccc1Br. The van der Waals surface area contributed by atoms with Crippen LogP contribution in [0.1, 0.15) is 6.42 Å². The fourth-order valence-corrected chi connectivity index (χ4v) is 4.67. The quantitative estimate of drug-likeness (QED) is 0.786. The molecule has 1 aliphatic heterocycles. The van der Waals surface area contributed by atoms with Gasteiger partial charge in [-0.3, -0.25) is 0 Å². The molecule has 1 unspecified atom stereocenters. The lowest BCUT2D eigenvalue weighted by Crippen LogP contribution is -2.37. The van der Waals surface area contributed by atoms with Crippen molar-refractivity contribution < 1.29 is 13.2 Å². The molecule has 1 fully saturated rings. The summed E-state index contributed by atoms with van der Waals surface area (Å²) in [6.45, 7) is 1.07. The van der Waals surface area contributed by atoms with Gasteiger partial charge >= 0.3 is 0 Å². The lowest BCUT2D eigenvalue weighted by atomic mass is 10.3. The van der Waals surface area contributed by atoms with Crippen LogP contribution in [0.15, 0.2) is 32.0 Å². The number of halogens is 2. The Morgan fingerprint density at radius 1 is 1.39 bits per heavy atom. The summed E-state index contributed by atoms with van der Waals surface area (Å²) in [4.78, 5) is 0.270. The Bertz CT molecular complexity index is 541. The third kappa shape index (κ3) is 2.80. The Kier molecular flexibility index (Phi) is 4.48. The lowest BCUT2D eigenvalue weighted by molar-refractivity contribution is 0.181. The minimum Gasteiger partial charge on any atom is -0.380 e. The average Bonchev–Trinajstić information content (AvgIpc) is 2.84. The van der Waals surface area contributed by atoms with Gasteiger partial charge in [-0.05, 0) is 40.5 Å². The molecule has 0 saturated carbocycles. The maximum absolute atomic E-state index is 12.5. The summed E-state index contributed by atoms with van der Waals surface area (Å²) < 4.78 is 33.0. The number of benzene rings is 1. The van der Waals surface area contributed by atoms with Crippen molar-refractivity contribution >= 4 is 41.9 Å². The van der Waals surface area contributed by atoms with E-state index in [1.165, 1.54) is 4.31 Å². The number of sulfonamides is 1. The van der Waals surface area contributed by atoms with Gasteiger partial charge in [0.2, 0.25) is 10.0 Å². The maximum atomic E-state index is 12.5. The van der Waals surface area contributed by atoms with Crippen molar-refractivity contribution in [1.29, 1.82) is 0 Å². The van der Waals surface area contributed by atoms with Gasteiger partial charge in [-0.15, -0.1) is 0 Å². The number of ether oxygens (including phenoxy) is 1. The molecule has 1 heterocycles. The summed E-state index contributed by atoms with van der Waals surface area (Å²) in [5.41, 5.74) is 0. The highest BCUT2D eigenvalue weighted by atomic mass is 79.9. The molecule has 0 spiro atoms. The molecular formula is C11H13Br2NO3S. The van der Waals surface area contributed by atoms with Crippen LogP contribution in [0.25, 0.3) is 0 Å². The normalized spacial score (nSPS) is 20.6. The van der Waals surface area contributed by atoms with E-state index in [4.69, 9.17) is 4.74 Å². The molecule has 1 aliphatic rings. The molecule has 2 rings (SSSR count). The van der Waals surface area contributed by atoms with E-state index in [0.717, 1.165) is 10.9 Å². The van der Waals surface area contributed by atoms with E-state index in [-0.39, 0.29) is 10.9 Å². The topological polar surface area (TPSA) is 46.6 Å². The molecule has 1 aromatic rings. The zero-order valence-corrected chi connectivity index (χ0v) is 13.8. The van der Waals surface area contributed by atoms with Crippen LogP contribution in [0.5, 0.6) is 0 Å². The Morgan fingerprint density at radius 2 is 2.11 bits per heavy atom. The molecule has 1 aromatic carbocycles. The van der Waals surface area contributed by atoms with E-state index in [1.54, 1.807) is 25.2 Å². The molecule has 1 atom stereocenters. The van der Waals surface area contributed by atoms with Crippen LogP contribution in [0.4, 0.5) is 0 Å². The van der Waals surface area contributed by atoms with Crippen LogP contribution < -0.4 is 0 Å². The van der Waals surface area contributed by atoms with Gasteiger partial charge in [-0.2, -0.15) is 4.31 Å². The first-order valence-corrected chi connectivity index (χ1v) is 8.46. The highest BCUT2D eigenvalue weighted by Gasteiger charge is 2.31. The molecule has 18 heavy (non-hydrogen) atoms. The van der Waals surface area contributed by atoms with Gasteiger partial charge in [0.25, 0.3) is 0 Å². The van der Waals surface area contributed by atoms with Crippen LogP contribution in [-0.4, -0.2) is 39.0 Å². The summed E-state index contributed by atoms with van der Waals surface area (Å²) in [5, 5.41) is 0. The standard InChI is InChI=1S/C11H13Br2NO3S/c1-14(9-4-5-17-7-9)18(15,16)11-6-8(12)2-3-10(11)13/h2-3,6,9H,4-5,7H2,1H3. The number of hydrogen-bond donors (Lipinski definition) is 0. The molecule has 0 amide bonds. The summed E-state index contributed by atoms with van der Waals surface area (Å²) >= 11 is 6.58. The molecule has 100 valence electrons. The zero-order valence-electron chi connectivity index (χ0n) is 9.77. The third-order valence-corrected chi connectivity index (χ3v) is 6.37. The predicted octanol–water partition coefficient (Wildman–Crippen LogP) is 2.62. The van der Waals surface area contributed by atoms with E-state index in [9.17, 15) is 8.42 Å². The number of hydrogen-bond acceptors (Lipinski definition) is 3. The lowest BCUT2D eigenvalue weighted by Gasteiger charge is -2.23. The molecule has 0 N–H and O–H groups in total. The van der Waals surface area contributed by atoms with Crippen molar-refractivity contribution in [3.63, 3.8) is 0 Å². The van der Waals surface area contributed by atoms with Gasteiger partial charge in [-0.25, -0.2) is 8.42 Å². The van der Waals surface area contributed by atoms with Crippen molar-refractivity contribution in [3.05, 3.63) is 27.1 Å². The van der Waals surface area contributed by atoms with Crippen molar-refractivity contribution in [3.8, 4) is 0 Å². The second-order valence-electron chi connectivity index (χ2n) is 4.11. The zero-order chi connectivity index (χ0) is 13.3. The Hall–Kier alpha value is 0.0500. The Morgan fingerprint density at radius 3 is 2.72 bits per heavy atom. The monoisotopic (exact) mass is 397 g/mol. The fraction of sp³-hybridized carbons (Fsp3) is 0.455. The summed E-state index contributed by atoms with van der Waals surface area (Å²) in [5.74, 6) is 0. The summed E-state index contributed by atoms with van der Waals surface area (Å²) in [6, 6.07) is 5.03. The van der Waals surface area contributed by atoms with E-state index in [1.807, 2.05) is 0 Å². The molecule has 4 nitrogen and oxygen atoms in total. The smallest absolute Gasteiger partial charge is 0.244 e. The first kappa shape index (κ1) is 14.5. The molecule has 0 aliphatic carbocycles. The van der Waals surface area contributed by atoms with Crippen LogP contribution in [0.3, 0.4) is 0 Å². The second kappa shape index (κ2) is 5.58. The van der Waals surface area contributed by atoms with Crippen LogP contribution in [0.2, 0.25) is 0 Å². The van der Waals surface area contributed by atoms with E-state index in [2.05, 4.69) is 31.9 Å². The fourth-order valence-electron chi connectivity index (χ4n) is 1.84. The first-order valence-electron chi connectivity index (χ1n) is 5.44. The van der Waals surface area contributed by atoms with Crippen LogP contribution in [-0.2, 0) is 14.8 Å². The van der Waals surface area contributed by atoms with Gasteiger partial charge in [0, 0.05) is 22.6 Å². The molecule has 0 aromatic heterocycles. The number of likely N-dealkylation sites (N-methyl/N-ethyl adjacent to an activating group) is 1. The average molecular weight is 399 g/mol. The van der Waals surface area contributed by atoms with Crippen molar-refractivity contribution in [1.82, 2.24) is 4.31 Å². The molecular weight excluding hydrogens is 386 g/mol. The predicted molar refractivity (Wildman–Crippen MR) is 76.0 cm³/mol. The maximum Gasteiger partial charge on any atom is 0.244 e. The van der Waals surface area contributed by atoms with Gasteiger partial charge < -0.3 is 4.74 Å². The van der Waals surface area contributed by atoms with Crippen molar-refractivity contribution in [2.75, 3.05) is 20.3 Å². The van der Waals surface area contributed by atoms with Crippen LogP contribution >= 0.6 is 31.9 Å². The van der Waals surface area contributed by atoms with Gasteiger partial charge in [0.05, 0.1) is 17.5 Å². The summed E-state index contributed by atoms with van der Waals surface area (Å²) in [6.07, 6.45) is 0.737. The van der Waals surface area contributed by atoms with Crippen LogP contribution in [0, 0.1) is 0 Å². The largest absolute Gasteiger partial charge is 0.380 e. The van der Waals surface area contributed by atoms with Gasteiger partial charge in [-0.1, -0.05) is 15.9 Å². The minimum absolute atomic E-state index is 0.0825. The van der Waals surface area contributed by atoms with Crippen molar-refractivity contribution in [2.24, 2.45) is 0 Å². The molecule has 0 radical (unpaired) electrons. The van der Waals surface area contributed by atoms with Crippen molar-refractivity contribution in [2.45, 2.75) is 17.4 Å². The van der Waals surface area contributed by atoms with Gasteiger partial charge in [0.15, 0.2) is 0 Å². The second-order valence-corrected chi connectivity index (χ2v) is 7.85. The minimum atomic E-state index is -3.50. The molecule has 0 bridgehead atoms. The highest BCUT2D eigenvalue weighted by Crippen LogP contribution is 2.29. The van der Waals surface area contributed by atoms with E-state index >= 15 is 0 Å². The Labute approximate surface area is 124 Å². The highest BCUT2D eigenvalue weighted by molar-refractivity contribution is 9.11. The van der Waals surface area contributed by atoms with Gasteiger partial charge in [0.1, 0.15) is 0 Å². The Balaban J connectivity index is 2.37. The van der Waals surface area contributed by atoms with E-state index < -0.39 is 10.0 Å². The first-order chi connectivity index (χ1) is 8.43. The number of rotatable bonds is 3. The molecule has 1 saturated heterocycles. The summed E-state index contributed by atoms with van der Waals surface area (Å²) in [7, 11) is -1.90. The number of nitrogens with zero attached hydrogens (tertiary/aromatic N) is 1.